The van der Waals surface area contributed by atoms with Crippen LogP contribution in [0.1, 0.15) is 11.1 Å². The van der Waals surface area contributed by atoms with E-state index in [2.05, 4.69) is 18.9 Å². The second kappa shape index (κ2) is 11.3. The second-order valence-corrected chi connectivity index (χ2v) is 6.54. The highest BCUT2D eigenvalue weighted by molar-refractivity contribution is 5.66. The molecule has 0 saturated carbocycles. The Balaban J connectivity index is 2.03. The summed E-state index contributed by atoms with van der Waals surface area (Å²) in [5.74, 6) is -9.31. The Morgan fingerprint density at radius 2 is 1.33 bits per heavy atom. The molecule has 2 rings (SSSR count). The molecule has 0 fully saturated rings. The van der Waals surface area contributed by atoms with Crippen molar-refractivity contribution in [1.29, 1.82) is 0 Å². The van der Waals surface area contributed by atoms with E-state index in [-0.39, 0.29) is 6.61 Å². The van der Waals surface area contributed by atoms with Crippen LogP contribution in [0.2, 0.25) is 0 Å². The average molecular weight is 470 g/mol. The first-order chi connectivity index (χ1) is 15.6. The normalized spacial score (nSPS) is 14.8. The first-order valence-corrected chi connectivity index (χ1v) is 9.28. The van der Waals surface area contributed by atoms with Gasteiger partial charge in [0.2, 0.25) is 6.29 Å². The number of aldehydes is 1. The summed E-state index contributed by atoms with van der Waals surface area (Å²) in [5, 5.41) is 29.9. The van der Waals surface area contributed by atoms with Crippen LogP contribution in [0.4, 0.5) is 18.4 Å². The minimum atomic E-state index is -4.95. The highest BCUT2D eigenvalue weighted by Gasteiger charge is 2.64. The maximum atomic E-state index is 14.0. The lowest BCUT2D eigenvalue weighted by Gasteiger charge is -2.36. The lowest BCUT2D eigenvalue weighted by molar-refractivity contribution is -0.345. The van der Waals surface area contributed by atoms with Crippen molar-refractivity contribution in [2.45, 2.75) is 37.3 Å². The molecule has 10 nitrogen and oxygen atoms in total. The van der Waals surface area contributed by atoms with Crippen LogP contribution in [0.25, 0.3) is 0 Å². The van der Waals surface area contributed by atoms with Gasteiger partial charge in [-0.1, -0.05) is 60.7 Å². The van der Waals surface area contributed by atoms with E-state index in [1.807, 2.05) is 0 Å². The Bertz CT molecular complexity index is 925. The molecule has 2 aromatic carbocycles. The number of hydrogen-bond acceptors (Lipinski definition) is 10. The van der Waals surface area contributed by atoms with Gasteiger partial charge in [-0.15, -0.1) is 0 Å². The van der Waals surface area contributed by atoms with Crippen LogP contribution in [-0.4, -0.2) is 58.0 Å². The van der Waals surface area contributed by atoms with Crippen molar-refractivity contribution >= 4 is 18.6 Å². The summed E-state index contributed by atoms with van der Waals surface area (Å²) in [6, 6.07) is 16.0. The van der Waals surface area contributed by atoms with Crippen LogP contribution >= 0.6 is 0 Å². The summed E-state index contributed by atoms with van der Waals surface area (Å²) in [7, 11) is 0. The molecular formula is C21H20F2O10. The van der Waals surface area contributed by atoms with Gasteiger partial charge >= 0.3 is 24.0 Å². The fourth-order valence-electron chi connectivity index (χ4n) is 2.39. The maximum absolute atomic E-state index is 14.0. The van der Waals surface area contributed by atoms with E-state index in [0.29, 0.717) is 11.1 Å². The van der Waals surface area contributed by atoms with Crippen LogP contribution in [0, 0.1) is 0 Å². The summed E-state index contributed by atoms with van der Waals surface area (Å²) >= 11 is 0. The van der Waals surface area contributed by atoms with Gasteiger partial charge in [0.1, 0.15) is 13.2 Å². The van der Waals surface area contributed by atoms with Crippen molar-refractivity contribution in [2.24, 2.45) is 0 Å². The number of carbonyl (C=O) groups excluding carboxylic acids is 3. The molecule has 178 valence electrons. The first kappa shape index (κ1) is 25.6. The fourth-order valence-corrected chi connectivity index (χ4v) is 2.39. The molecule has 0 aliphatic heterocycles. The molecule has 0 heterocycles. The SMILES string of the molecule is O=CC(F)(F)[C@@](O)(OC(=O)OCc1ccccc1)[C@H](O)C(O)OC(=O)OCc1ccccc1. The fraction of sp³-hybridized carbons (Fsp3) is 0.286. The van der Waals surface area contributed by atoms with E-state index in [1.54, 1.807) is 48.5 Å². The molecule has 33 heavy (non-hydrogen) atoms. The van der Waals surface area contributed by atoms with Crippen molar-refractivity contribution in [2.75, 3.05) is 0 Å². The summed E-state index contributed by atoms with van der Waals surface area (Å²) < 4.78 is 45.6. The number of ether oxygens (including phenoxy) is 4. The molecule has 3 atom stereocenters. The monoisotopic (exact) mass is 470 g/mol. The zero-order valence-electron chi connectivity index (χ0n) is 16.9. The zero-order chi connectivity index (χ0) is 24.5. The molecule has 0 aliphatic rings. The van der Waals surface area contributed by atoms with Gasteiger partial charge in [0.25, 0.3) is 0 Å². The van der Waals surface area contributed by atoms with Crippen molar-refractivity contribution in [1.82, 2.24) is 0 Å². The summed E-state index contributed by atoms with van der Waals surface area (Å²) in [4.78, 5) is 34.3. The molecule has 0 aliphatic carbocycles. The molecule has 0 amide bonds. The van der Waals surface area contributed by atoms with Gasteiger partial charge in [-0.2, -0.15) is 8.78 Å². The molecule has 1 unspecified atom stereocenters. The van der Waals surface area contributed by atoms with Crippen molar-refractivity contribution < 1.29 is 57.4 Å². The van der Waals surface area contributed by atoms with E-state index < -0.39 is 49.3 Å². The van der Waals surface area contributed by atoms with E-state index >= 15 is 0 Å². The van der Waals surface area contributed by atoms with E-state index in [0.717, 1.165) is 0 Å². The number of carbonyl (C=O) groups is 3. The van der Waals surface area contributed by atoms with Crippen LogP contribution in [0.15, 0.2) is 60.7 Å². The van der Waals surface area contributed by atoms with Gasteiger partial charge < -0.3 is 34.3 Å². The molecule has 12 heteroatoms. The van der Waals surface area contributed by atoms with E-state index in [4.69, 9.17) is 0 Å². The van der Waals surface area contributed by atoms with Crippen LogP contribution in [-0.2, 0) is 37.0 Å². The molecule has 0 spiro atoms. The number of hydrogen-bond donors (Lipinski definition) is 3. The third kappa shape index (κ3) is 6.94. The zero-order valence-corrected chi connectivity index (χ0v) is 16.9. The van der Waals surface area contributed by atoms with Gasteiger partial charge in [0.15, 0.2) is 12.4 Å². The molecule has 0 saturated heterocycles. The topological polar surface area (TPSA) is 149 Å². The molecule has 3 N–H and O–H groups in total. The van der Waals surface area contributed by atoms with Crippen molar-refractivity contribution in [3.8, 4) is 0 Å². The Morgan fingerprint density at radius 3 is 1.79 bits per heavy atom. The number of alkyl halides is 2. The Hall–Kier alpha value is -3.61. The molecule has 0 aromatic heterocycles. The van der Waals surface area contributed by atoms with Gasteiger partial charge in [-0.05, 0) is 11.1 Å². The molecule has 0 radical (unpaired) electrons. The van der Waals surface area contributed by atoms with Crippen LogP contribution in [0.5, 0.6) is 0 Å². The number of rotatable bonds is 10. The van der Waals surface area contributed by atoms with Gasteiger partial charge in [0, 0.05) is 0 Å². The standard InChI is InChI=1S/C21H20F2O10/c22-20(23,13-24)21(29,33-19(28)31-12-15-9-5-2-6-10-15)16(25)17(26)32-18(27)30-11-14-7-3-1-4-8-14/h1-10,13,16-17,25-26,29H,11-12H2/t16-,17?,21+/m1/s1. The molecular weight excluding hydrogens is 450 g/mol. The molecule has 2 aromatic rings. The lowest BCUT2D eigenvalue weighted by Crippen LogP contribution is -2.64. The van der Waals surface area contributed by atoms with Crippen molar-refractivity contribution in [3.63, 3.8) is 0 Å². The summed E-state index contributed by atoms with van der Waals surface area (Å²) in [6.45, 7) is -0.803. The van der Waals surface area contributed by atoms with Crippen LogP contribution in [0.3, 0.4) is 0 Å². The Morgan fingerprint density at radius 1 is 0.879 bits per heavy atom. The summed E-state index contributed by atoms with van der Waals surface area (Å²) in [5.41, 5.74) is 0.934. The third-order valence-corrected chi connectivity index (χ3v) is 4.15. The largest absolute Gasteiger partial charge is 0.511 e. The first-order valence-electron chi connectivity index (χ1n) is 9.28. The predicted molar refractivity (Wildman–Crippen MR) is 103 cm³/mol. The van der Waals surface area contributed by atoms with Gasteiger partial charge in [-0.3, -0.25) is 4.79 Å². The molecule has 0 bridgehead atoms. The maximum Gasteiger partial charge on any atom is 0.511 e. The number of aliphatic hydroxyl groups excluding tert-OH is 2. The Kier molecular flexibility index (Phi) is 8.79. The second-order valence-electron chi connectivity index (χ2n) is 6.54. The van der Waals surface area contributed by atoms with Crippen LogP contribution < -0.4 is 0 Å². The van der Waals surface area contributed by atoms with Gasteiger partial charge in [-0.25, -0.2) is 9.59 Å². The number of benzene rings is 2. The summed E-state index contributed by atoms with van der Waals surface area (Å²) in [6.07, 6.45) is -10.8. The Labute approximate surface area is 185 Å². The number of halogens is 2. The lowest BCUT2D eigenvalue weighted by atomic mass is 10.0. The third-order valence-electron chi connectivity index (χ3n) is 4.15. The quantitative estimate of drug-likeness (QED) is 0.267. The van der Waals surface area contributed by atoms with E-state index in [1.165, 1.54) is 12.1 Å². The number of aliphatic hydroxyl groups is 3. The minimum Gasteiger partial charge on any atom is -0.429 e. The highest BCUT2D eigenvalue weighted by atomic mass is 19.3. The average Bonchev–Trinajstić information content (AvgIpc) is 2.82. The van der Waals surface area contributed by atoms with E-state index in [9.17, 15) is 38.5 Å². The van der Waals surface area contributed by atoms with Crippen molar-refractivity contribution in [3.05, 3.63) is 71.8 Å². The van der Waals surface area contributed by atoms with Gasteiger partial charge in [0.05, 0.1) is 0 Å². The predicted octanol–water partition coefficient (Wildman–Crippen LogP) is 1.90. The smallest absolute Gasteiger partial charge is 0.429 e. The minimum absolute atomic E-state index is 0.334. The highest BCUT2D eigenvalue weighted by Crippen LogP contribution is 2.33.